The molecule has 0 radical (unpaired) electrons. The Morgan fingerprint density at radius 1 is 1.56 bits per heavy atom. The van der Waals surface area contributed by atoms with Crippen molar-refractivity contribution >= 4 is 11.7 Å². The standard InChI is InChI=1S/C12H19N3O3/c1-8-4-5-10(11(13)15-8)18-9(2)12(16)14-6-7-17-3/h4-5,9H,6-7H2,1-3H3,(H2,13,15)(H,14,16). The smallest absolute Gasteiger partial charge is 0.260 e. The first kappa shape index (κ1) is 14.2. The molecular formula is C12H19N3O3. The molecule has 0 saturated heterocycles. The Bertz CT molecular complexity index is 410. The van der Waals surface area contributed by atoms with Crippen LogP contribution in [0.4, 0.5) is 5.82 Å². The van der Waals surface area contributed by atoms with Crippen LogP contribution in [0.1, 0.15) is 12.6 Å². The molecule has 0 fully saturated rings. The van der Waals surface area contributed by atoms with Gasteiger partial charge in [0, 0.05) is 19.3 Å². The van der Waals surface area contributed by atoms with E-state index in [-0.39, 0.29) is 11.7 Å². The van der Waals surface area contributed by atoms with Crippen LogP contribution in [0.15, 0.2) is 12.1 Å². The molecule has 0 saturated carbocycles. The molecule has 6 nitrogen and oxygen atoms in total. The first-order valence-corrected chi connectivity index (χ1v) is 5.71. The Kier molecular flexibility index (Phi) is 5.38. The predicted molar refractivity (Wildman–Crippen MR) is 68.4 cm³/mol. The summed E-state index contributed by atoms with van der Waals surface area (Å²) in [4.78, 5) is 15.7. The van der Waals surface area contributed by atoms with Gasteiger partial charge in [-0.1, -0.05) is 0 Å². The molecule has 18 heavy (non-hydrogen) atoms. The van der Waals surface area contributed by atoms with Crippen molar-refractivity contribution in [3.8, 4) is 5.75 Å². The number of hydrogen-bond donors (Lipinski definition) is 2. The van der Waals surface area contributed by atoms with E-state index in [1.54, 1.807) is 26.2 Å². The first-order valence-electron chi connectivity index (χ1n) is 5.71. The molecule has 0 spiro atoms. The van der Waals surface area contributed by atoms with Crippen LogP contribution >= 0.6 is 0 Å². The molecule has 0 aliphatic rings. The van der Waals surface area contributed by atoms with Crippen molar-refractivity contribution in [3.63, 3.8) is 0 Å². The van der Waals surface area contributed by atoms with E-state index in [0.29, 0.717) is 18.9 Å². The van der Waals surface area contributed by atoms with Crippen molar-refractivity contribution in [2.45, 2.75) is 20.0 Å². The summed E-state index contributed by atoms with van der Waals surface area (Å²) < 4.78 is 10.3. The van der Waals surface area contributed by atoms with Gasteiger partial charge >= 0.3 is 0 Å². The Morgan fingerprint density at radius 3 is 2.89 bits per heavy atom. The highest BCUT2D eigenvalue weighted by Crippen LogP contribution is 2.20. The number of rotatable bonds is 6. The quantitative estimate of drug-likeness (QED) is 0.721. The lowest BCUT2D eigenvalue weighted by atomic mass is 10.3. The van der Waals surface area contributed by atoms with Gasteiger partial charge in [0.1, 0.15) is 0 Å². The van der Waals surface area contributed by atoms with Crippen LogP contribution in [0.3, 0.4) is 0 Å². The zero-order chi connectivity index (χ0) is 13.5. The van der Waals surface area contributed by atoms with Gasteiger partial charge in [-0.05, 0) is 26.0 Å². The normalized spacial score (nSPS) is 11.9. The molecule has 0 aliphatic heterocycles. The third-order valence-corrected chi connectivity index (χ3v) is 2.30. The van der Waals surface area contributed by atoms with Crippen LogP contribution in [-0.2, 0) is 9.53 Å². The molecule has 1 heterocycles. The number of pyridine rings is 1. The number of nitrogen functional groups attached to an aromatic ring is 1. The number of carbonyl (C=O) groups excluding carboxylic acids is 1. The van der Waals surface area contributed by atoms with Crippen LogP contribution in [0.2, 0.25) is 0 Å². The zero-order valence-corrected chi connectivity index (χ0v) is 10.9. The summed E-state index contributed by atoms with van der Waals surface area (Å²) in [6.07, 6.45) is -0.631. The second kappa shape index (κ2) is 6.80. The van der Waals surface area contributed by atoms with Gasteiger partial charge in [-0.25, -0.2) is 4.98 Å². The number of nitrogens with one attached hydrogen (secondary N) is 1. The Hall–Kier alpha value is -1.82. The number of aryl methyl sites for hydroxylation is 1. The summed E-state index contributed by atoms with van der Waals surface area (Å²) in [5.74, 6) is 0.480. The highest BCUT2D eigenvalue weighted by Gasteiger charge is 2.15. The highest BCUT2D eigenvalue weighted by atomic mass is 16.5. The molecular weight excluding hydrogens is 234 g/mol. The number of methoxy groups -OCH3 is 1. The lowest BCUT2D eigenvalue weighted by Gasteiger charge is -2.15. The molecule has 0 bridgehead atoms. The number of anilines is 1. The van der Waals surface area contributed by atoms with Gasteiger partial charge in [-0.2, -0.15) is 0 Å². The molecule has 1 aromatic heterocycles. The summed E-state index contributed by atoms with van der Waals surface area (Å²) in [7, 11) is 1.57. The Morgan fingerprint density at radius 2 is 2.28 bits per heavy atom. The second-order valence-corrected chi connectivity index (χ2v) is 3.88. The minimum atomic E-state index is -0.631. The van der Waals surface area contributed by atoms with Gasteiger partial charge in [0.15, 0.2) is 17.7 Å². The number of carbonyl (C=O) groups is 1. The van der Waals surface area contributed by atoms with E-state index >= 15 is 0 Å². The average molecular weight is 253 g/mol. The fraction of sp³-hybridized carbons (Fsp3) is 0.500. The van der Waals surface area contributed by atoms with Crippen LogP contribution in [0, 0.1) is 6.92 Å². The van der Waals surface area contributed by atoms with Crippen molar-refractivity contribution in [2.75, 3.05) is 26.0 Å². The maximum atomic E-state index is 11.6. The minimum absolute atomic E-state index is 0.216. The van der Waals surface area contributed by atoms with E-state index in [4.69, 9.17) is 15.2 Å². The third kappa shape index (κ3) is 4.21. The lowest BCUT2D eigenvalue weighted by molar-refractivity contribution is -0.127. The fourth-order valence-electron chi connectivity index (χ4n) is 1.33. The second-order valence-electron chi connectivity index (χ2n) is 3.88. The Labute approximate surface area is 106 Å². The van der Waals surface area contributed by atoms with E-state index in [1.165, 1.54) is 0 Å². The van der Waals surface area contributed by atoms with Gasteiger partial charge < -0.3 is 20.5 Å². The summed E-state index contributed by atoms with van der Waals surface area (Å²) >= 11 is 0. The fourth-order valence-corrected chi connectivity index (χ4v) is 1.33. The summed E-state index contributed by atoms with van der Waals surface area (Å²) in [5, 5.41) is 2.68. The number of ether oxygens (including phenoxy) is 2. The molecule has 1 aromatic rings. The number of nitrogens with zero attached hydrogens (tertiary/aromatic N) is 1. The molecule has 100 valence electrons. The van der Waals surface area contributed by atoms with Crippen LogP contribution in [0.25, 0.3) is 0 Å². The molecule has 1 atom stereocenters. The SMILES string of the molecule is COCCNC(=O)C(C)Oc1ccc(C)nc1N. The summed E-state index contributed by atoms with van der Waals surface area (Å²) in [6.45, 7) is 4.40. The van der Waals surface area contributed by atoms with Gasteiger partial charge in [0.2, 0.25) is 0 Å². The number of hydrogen-bond acceptors (Lipinski definition) is 5. The van der Waals surface area contributed by atoms with Crippen LogP contribution < -0.4 is 15.8 Å². The number of amides is 1. The van der Waals surface area contributed by atoms with Crippen molar-refractivity contribution in [2.24, 2.45) is 0 Å². The van der Waals surface area contributed by atoms with Crippen molar-refractivity contribution < 1.29 is 14.3 Å². The average Bonchev–Trinajstić information content (AvgIpc) is 2.32. The van der Waals surface area contributed by atoms with Crippen molar-refractivity contribution in [1.29, 1.82) is 0 Å². The Balaban J connectivity index is 2.53. The van der Waals surface area contributed by atoms with E-state index in [9.17, 15) is 4.79 Å². The lowest BCUT2D eigenvalue weighted by Crippen LogP contribution is -2.38. The van der Waals surface area contributed by atoms with Gasteiger partial charge in [0.25, 0.3) is 5.91 Å². The van der Waals surface area contributed by atoms with E-state index in [1.807, 2.05) is 6.92 Å². The van der Waals surface area contributed by atoms with Gasteiger partial charge in [-0.3, -0.25) is 4.79 Å². The molecule has 3 N–H and O–H groups in total. The predicted octanol–water partition coefficient (Wildman–Crippen LogP) is 0.502. The topological polar surface area (TPSA) is 86.5 Å². The third-order valence-electron chi connectivity index (χ3n) is 2.30. The minimum Gasteiger partial charge on any atom is -0.477 e. The monoisotopic (exact) mass is 253 g/mol. The number of aromatic nitrogens is 1. The highest BCUT2D eigenvalue weighted by molar-refractivity contribution is 5.80. The molecule has 0 aromatic carbocycles. The van der Waals surface area contributed by atoms with Crippen molar-refractivity contribution in [3.05, 3.63) is 17.8 Å². The molecule has 1 amide bonds. The van der Waals surface area contributed by atoms with Gasteiger partial charge in [-0.15, -0.1) is 0 Å². The van der Waals surface area contributed by atoms with E-state index in [2.05, 4.69) is 10.3 Å². The maximum absolute atomic E-state index is 11.6. The van der Waals surface area contributed by atoms with Crippen molar-refractivity contribution in [1.82, 2.24) is 10.3 Å². The van der Waals surface area contributed by atoms with E-state index < -0.39 is 6.10 Å². The van der Waals surface area contributed by atoms with E-state index in [0.717, 1.165) is 5.69 Å². The maximum Gasteiger partial charge on any atom is 0.260 e. The molecule has 1 rings (SSSR count). The molecule has 1 unspecified atom stereocenters. The number of nitrogens with two attached hydrogens (primary N) is 1. The largest absolute Gasteiger partial charge is 0.477 e. The summed E-state index contributed by atoms with van der Waals surface area (Å²) in [5.41, 5.74) is 6.51. The molecule has 0 aliphatic carbocycles. The zero-order valence-electron chi connectivity index (χ0n) is 10.9. The molecule has 6 heteroatoms. The summed E-state index contributed by atoms with van der Waals surface area (Å²) in [6, 6.07) is 3.48. The van der Waals surface area contributed by atoms with Crippen LogP contribution in [-0.4, -0.2) is 37.3 Å². The first-order chi connectivity index (χ1) is 8.54. The van der Waals surface area contributed by atoms with Gasteiger partial charge in [0.05, 0.1) is 6.61 Å². The van der Waals surface area contributed by atoms with Crippen LogP contribution in [0.5, 0.6) is 5.75 Å².